The minimum Gasteiger partial charge on any atom is -0.313 e. The highest BCUT2D eigenvalue weighted by molar-refractivity contribution is 6.31. The van der Waals surface area contributed by atoms with Gasteiger partial charge in [-0.3, -0.25) is 0 Å². The van der Waals surface area contributed by atoms with Crippen LogP contribution in [-0.4, -0.2) is 56.6 Å². The number of piperazine rings is 1. The summed E-state index contributed by atoms with van der Waals surface area (Å²) >= 11 is 6.32. The first-order valence-corrected chi connectivity index (χ1v) is 7.30. The molecule has 1 N–H and O–H groups in total. The first-order chi connectivity index (χ1) is 9.11. The van der Waals surface area contributed by atoms with Gasteiger partial charge in [-0.1, -0.05) is 29.8 Å². The fraction of sp³-hybridized carbons (Fsp3) is 0.600. The predicted molar refractivity (Wildman–Crippen MR) is 81.8 cm³/mol. The highest BCUT2D eigenvalue weighted by atomic mass is 35.5. The van der Waals surface area contributed by atoms with E-state index in [1.54, 1.807) is 0 Å². The maximum absolute atomic E-state index is 6.32. The monoisotopic (exact) mass is 281 g/mol. The molecule has 1 aliphatic rings. The third-order valence-electron chi connectivity index (χ3n) is 4.12. The first kappa shape index (κ1) is 14.8. The van der Waals surface area contributed by atoms with Crippen molar-refractivity contribution in [3.63, 3.8) is 0 Å². The number of likely N-dealkylation sites (N-methyl/N-ethyl adjacent to an activating group) is 2. The van der Waals surface area contributed by atoms with Gasteiger partial charge in [-0.25, -0.2) is 0 Å². The van der Waals surface area contributed by atoms with Crippen LogP contribution in [0, 0.1) is 0 Å². The summed E-state index contributed by atoms with van der Waals surface area (Å²) in [5, 5.41) is 4.27. The number of nitrogens with zero attached hydrogens (tertiary/aromatic N) is 2. The smallest absolute Gasteiger partial charge is 0.0453 e. The molecule has 2 unspecified atom stereocenters. The number of benzene rings is 1. The molecule has 0 bridgehead atoms. The van der Waals surface area contributed by atoms with Crippen molar-refractivity contribution in [3.05, 3.63) is 34.9 Å². The van der Waals surface area contributed by atoms with Crippen LogP contribution in [0.5, 0.6) is 0 Å². The van der Waals surface area contributed by atoms with Crippen LogP contribution in [0.3, 0.4) is 0 Å². The zero-order valence-corrected chi connectivity index (χ0v) is 12.8. The van der Waals surface area contributed by atoms with Gasteiger partial charge >= 0.3 is 0 Å². The maximum atomic E-state index is 6.32. The van der Waals surface area contributed by atoms with Gasteiger partial charge in [-0.15, -0.1) is 0 Å². The molecule has 0 amide bonds. The molecule has 0 aromatic heterocycles. The first-order valence-electron chi connectivity index (χ1n) is 6.92. The normalized spacial score (nSPS) is 23.5. The summed E-state index contributed by atoms with van der Waals surface area (Å²) < 4.78 is 0. The molecule has 1 heterocycles. The second kappa shape index (κ2) is 6.71. The Morgan fingerprint density at radius 3 is 2.74 bits per heavy atom. The van der Waals surface area contributed by atoms with Crippen LogP contribution < -0.4 is 5.32 Å². The largest absolute Gasteiger partial charge is 0.313 e. The number of hydrogen-bond acceptors (Lipinski definition) is 3. The Labute approximate surface area is 121 Å². The molecular formula is C15H24ClN3. The van der Waals surface area contributed by atoms with Gasteiger partial charge in [0.1, 0.15) is 0 Å². The van der Waals surface area contributed by atoms with Crippen molar-refractivity contribution in [1.82, 2.24) is 15.1 Å². The average Bonchev–Trinajstić information content (AvgIpc) is 2.41. The van der Waals surface area contributed by atoms with Crippen molar-refractivity contribution in [2.45, 2.75) is 18.5 Å². The quantitative estimate of drug-likeness (QED) is 0.913. The minimum absolute atomic E-state index is 0.313. The molecule has 1 saturated heterocycles. The van der Waals surface area contributed by atoms with Gasteiger partial charge in [0, 0.05) is 36.7 Å². The lowest BCUT2D eigenvalue weighted by atomic mass is 9.97. The molecule has 1 aliphatic heterocycles. The standard InChI is InChI=1S/C15H24ClN3/c1-17-15(13-6-4-5-7-14(13)16)10-12-11-18(2)8-9-19(12)3/h4-7,12,15,17H,8-11H2,1-3H3. The summed E-state index contributed by atoms with van der Waals surface area (Å²) in [7, 11) is 6.43. The van der Waals surface area contributed by atoms with Gasteiger partial charge in [0.2, 0.25) is 0 Å². The van der Waals surface area contributed by atoms with Crippen LogP contribution in [0.1, 0.15) is 18.0 Å². The molecule has 0 spiro atoms. The van der Waals surface area contributed by atoms with Gasteiger partial charge < -0.3 is 15.1 Å². The van der Waals surface area contributed by atoms with Crippen molar-refractivity contribution in [1.29, 1.82) is 0 Å². The van der Waals surface area contributed by atoms with Crippen molar-refractivity contribution >= 4 is 11.6 Å². The molecule has 19 heavy (non-hydrogen) atoms. The summed E-state index contributed by atoms with van der Waals surface area (Å²) in [6.07, 6.45) is 1.08. The third-order valence-corrected chi connectivity index (χ3v) is 4.46. The minimum atomic E-state index is 0.313. The van der Waals surface area contributed by atoms with Crippen LogP contribution in [0.2, 0.25) is 5.02 Å². The maximum Gasteiger partial charge on any atom is 0.0453 e. The molecule has 4 heteroatoms. The highest BCUT2D eigenvalue weighted by Gasteiger charge is 2.26. The van der Waals surface area contributed by atoms with Gasteiger partial charge in [-0.2, -0.15) is 0 Å². The second-order valence-corrected chi connectivity index (χ2v) is 5.90. The van der Waals surface area contributed by atoms with E-state index in [1.165, 1.54) is 5.56 Å². The van der Waals surface area contributed by atoms with Crippen molar-refractivity contribution < 1.29 is 0 Å². The fourth-order valence-corrected chi connectivity index (χ4v) is 3.05. The molecular weight excluding hydrogens is 258 g/mol. The molecule has 2 atom stereocenters. The van der Waals surface area contributed by atoms with Gasteiger partial charge in [0.15, 0.2) is 0 Å². The Morgan fingerprint density at radius 1 is 1.32 bits per heavy atom. The van der Waals surface area contributed by atoms with E-state index in [1.807, 2.05) is 19.2 Å². The highest BCUT2D eigenvalue weighted by Crippen LogP contribution is 2.27. The van der Waals surface area contributed by atoms with Crippen molar-refractivity contribution in [3.8, 4) is 0 Å². The third kappa shape index (κ3) is 3.69. The van der Waals surface area contributed by atoms with E-state index in [4.69, 9.17) is 11.6 Å². The zero-order chi connectivity index (χ0) is 13.8. The molecule has 0 aliphatic carbocycles. The van der Waals surface area contributed by atoms with Crippen LogP contribution in [0.25, 0.3) is 0 Å². The van der Waals surface area contributed by atoms with Gasteiger partial charge in [0.05, 0.1) is 0 Å². The lowest BCUT2D eigenvalue weighted by molar-refractivity contribution is 0.102. The van der Waals surface area contributed by atoms with Crippen LogP contribution in [0.15, 0.2) is 24.3 Å². The van der Waals surface area contributed by atoms with Crippen LogP contribution >= 0.6 is 11.6 Å². The summed E-state index contributed by atoms with van der Waals surface area (Å²) in [5.74, 6) is 0. The van der Waals surface area contributed by atoms with E-state index in [0.29, 0.717) is 12.1 Å². The molecule has 1 aromatic carbocycles. The zero-order valence-electron chi connectivity index (χ0n) is 12.1. The molecule has 2 rings (SSSR count). The summed E-state index contributed by atoms with van der Waals surface area (Å²) in [5.41, 5.74) is 1.20. The number of halogens is 1. The SMILES string of the molecule is CNC(CC1CN(C)CCN1C)c1ccccc1Cl. The van der Waals surface area contributed by atoms with Crippen LogP contribution in [-0.2, 0) is 0 Å². The van der Waals surface area contributed by atoms with Crippen LogP contribution in [0.4, 0.5) is 0 Å². The summed E-state index contributed by atoms with van der Waals surface area (Å²) in [6.45, 7) is 3.42. The second-order valence-electron chi connectivity index (χ2n) is 5.50. The van der Waals surface area contributed by atoms with E-state index >= 15 is 0 Å². The van der Waals surface area contributed by atoms with E-state index in [-0.39, 0.29) is 0 Å². The van der Waals surface area contributed by atoms with E-state index in [0.717, 1.165) is 31.1 Å². The van der Waals surface area contributed by atoms with E-state index in [9.17, 15) is 0 Å². The Hall–Kier alpha value is -0.610. The van der Waals surface area contributed by atoms with E-state index < -0.39 is 0 Å². The van der Waals surface area contributed by atoms with E-state index in [2.05, 4.69) is 41.3 Å². The Morgan fingerprint density at radius 2 is 2.05 bits per heavy atom. The molecule has 3 nitrogen and oxygen atoms in total. The number of hydrogen-bond donors (Lipinski definition) is 1. The number of rotatable bonds is 4. The molecule has 1 aromatic rings. The van der Waals surface area contributed by atoms with Gasteiger partial charge in [0.25, 0.3) is 0 Å². The Bertz CT molecular complexity index is 410. The van der Waals surface area contributed by atoms with Crippen molar-refractivity contribution in [2.24, 2.45) is 0 Å². The molecule has 0 radical (unpaired) electrons. The predicted octanol–water partition coefficient (Wildman–Crippen LogP) is 2.24. The molecule has 106 valence electrons. The number of nitrogens with one attached hydrogen (secondary N) is 1. The summed E-state index contributed by atoms with van der Waals surface area (Å²) in [4.78, 5) is 4.87. The molecule has 0 saturated carbocycles. The van der Waals surface area contributed by atoms with Gasteiger partial charge in [-0.05, 0) is 39.2 Å². The average molecular weight is 282 g/mol. The lowest BCUT2D eigenvalue weighted by Crippen LogP contribution is -2.50. The summed E-state index contributed by atoms with van der Waals surface area (Å²) in [6, 6.07) is 9.02. The van der Waals surface area contributed by atoms with Crippen molar-refractivity contribution in [2.75, 3.05) is 40.8 Å². The Balaban J connectivity index is 2.08. The lowest BCUT2D eigenvalue weighted by Gasteiger charge is -2.39. The fourth-order valence-electron chi connectivity index (χ4n) is 2.79. The molecule has 1 fully saturated rings. The Kier molecular flexibility index (Phi) is 5.22. The topological polar surface area (TPSA) is 18.5 Å².